The Morgan fingerprint density at radius 2 is 2.46 bits per heavy atom. The highest BCUT2D eigenvalue weighted by molar-refractivity contribution is 7.09. The van der Waals surface area contributed by atoms with Crippen molar-refractivity contribution in [3.8, 4) is 0 Å². The molecule has 0 saturated carbocycles. The van der Waals surface area contributed by atoms with Crippen molar-refractivity contribution in [3.05, 3.63) is 16.6 Å². The lowest BCUT2D eigenvalue weighted by molar-refractivity contribution is 0.159. The number of aromatic nitrogens is 1. The summed E-state index contributed by atoms with van der Waals surface area (Å²) in [4.78, 5) is 4.89. The van der Waals surface area contributed by atoms with Crippen molar-refractivity contribution in [1.82, 2.24) is 4.98 Å². The molecule has 4 heteroatoms. The summed E-state index contributed by atoms with van der Waals surface area (Å²) in [6.07, 6.45) is 3.47. The van der Waals surface area contributed by atoms with E-state index >= 15 is 0 Å². The lowest BCUT2D eigenvalue weighted by atomic mass is 9.96. The topological polar surface area (TPSA) is 38.9 Å². The van der Waals surface area contributed by atoms with Gasteiger partial charge in [-0.15, -0.1) is 11.3 Å². The Bertz CT molecular complexity index is 238. The second-order valence-electron chi connectivity index (χ2n) is 3.25. The summed E-state index contributed by atoms with van der Waals surface area (Å²) in [6, 6.07) is 0. The van der Waals surface area contributed by atoms with Gasteiger partial charge in [0.1, 0.15) is 5.67 Å². The number of thiazole rings is 1. The van der Waals surface area contributed by atoms with Gasteiger partial charge in [0.15, 0.2) is 0 Å². The summed E-state index contributed by atoms with van der Waals surface area (Å²) >= 11 is 1.48. The molecule has 2 nitrogen and oxygen atoms in total. The lowest BCUT2D eigenvalue weighted by Gasteiger charge is -2.21. The molecule has 1 aromatic heterocycles. The third-order valence-corrected chi connectivity index (χ3v) is 2.82. The lowest BCUT2D eigenvalue weighted by Crippen LogP contribution is -2.34. The van der Waals surface area contributed by atoms with Crippen LogP contribution in [0.25, 0.3) is 0 Å². The van der Waals surface area contributed by atoms with Crippen LogP contribution in [0, 0.1) is 0 Å². The van der Waals surface area contributed by atoms with Gasteiger partial charge in [-0.3, -0.25) is 4.98 Å². The van der Waals surface area contributed by atoms with Crippen LogP contribution >= 0.6 is 11.3 Å². The molecule has 0 amide bonds. The van der Waals surface area contributed by atoms with Gasteiger partial charge in [-0.1, -0.05) is 13.3 Å². The zero-order valence-electron chi connectivity index (χ0n) is 7.79. The van der Waals surface area contributed by atoms with E-state index in [9.17, 15) is 4.39 Å². The summed E-state index contributed by atoms with van der Waals surface area (Å²) in [5.41, 5.74) is 5.90. The van der Waals surface area contributed by atoms with E-state index < -0.39 is 5.67 Å². The van der Waals surface area contributed by atoms with Crippen molar-refractivity contribution < 1.29 is 4.39 Å². The molecule has 1 heterocycles. The van der Waals surface area contributed by atoms with E-state index in [1.807, 2.05) is 6.92 Å². The zero-order valence-corrected chi connectivity index (χ0v) is 8.61. The van der Waals surface area contributed by atoms with Crippen LogP contribution in [0.15, 0.2) is 11.7 Å². The minimum atomic E-state index is -1.23. The molecule has 0 spiro atoms. The molecule has 1 atom stereocenters. The first kappa shape index (κ1) is 10.6. The molecule has 0 fully saturated rings. The van der Waals surface area contributed by atoms with Gasteiger partial charge >= 0.3 is 0 Å². The minimum Gasteiger partial charge on any atom is -0.328 e. The van der Waals surface area contributed by atoms with Crippen LogP contribution in [0.1, 0.15) is 24.6 Å². The fourth-order valence-corrected chi connectivity index (χ4v) is 2.07. The molecular weight excluding hydrogens is 187 g/mol. The first-order chi connectivity index (χ1) is 6.20. The first-order valence-electron chi connectivity index (χ1n) is 4.46. The Morgan fingerprint density at radius 1 is 1.69 bits per heavy atom. The first-order valence-corrected chi connectivity index (χ1v) is 5.34. The van der Waals surface area contributed by atoms with Crippen LogP contribution in [0.4, 0.5) is 4.39 Å². The second kappa shape index (κ2) is 4.67. The van der Waals surface area contributed by atoms with Gasteiger partial charge in [0.2, 0.25) is 0 Å². The van der Waals surface area contributed by atoms with Gasteiger partial charge < -0.3 is 5.73 Å². The van der Waals surface area contributed by atoms with Gasteiger partial charge in [0, 0.05) is 24.0 Å². The average molecular weight is 202 g/mol. The van der Waals surface area contributed by atoms with Gasteiger partial charge in [0.25, 0.3) is 0 Å². The standard InChI is InChI=1S/C9H15FN2S/c1-2-3-9(10,6-11)4-8-5-12-7-13-8/h5,7H,2-4,6,11H2,1H3. The highest BCUT2D eigenvalue weighted by atomic mass is 32.1. The quantitative estimate of drug-likeness (QED) is 0.794. The molecule has 74 valence electrons. The van der Waals surface area contributed by atoms with Crippen molar-refractivity contribution >= 4 is 11.3 Å². The van der Waals surface area contributed by atoms with E-state index in [1.165, 1.54) is 11.3 Å². The highest BCUT2D eigenvalue weighted by Gasteiger charge is 2.27. The Morgan fingerprint density at radius 3 is 2.92 bits per heavy atom. The van der Waals surface area contributed by atoms with E-state index in [1.54, 1.807) is 11.7 Å². The van der Waals surface area contributed by atoms with E-state index in [4.69, 9.17) is 5.73 Å². The average Bonchev–Trinajstić information content (AvgIpc) is 2.57. The molecule has 0 radical (unpaired) electrons. The van der Waals surface area contributed by atoms with E-state index in [-0.39, 0.29) is 6.54 Å². The number of nitrogens with zero attached hydrogens (tertiary/aromatic N) is 1. The summed E-state index contributed by atoms with van der Waals surface area (Å²) in [6.45, 7) is 2.06. The number of nitrogens with two attached hydrogens (primary N) is 1. The van der Waals surface area contributed by atoms with E-state index in [2.05, 4.69) is 4.98 Å². The molecule has 0 aliphatic carbocycles. The monoisotopic (exact) mass is 202 g/mol. The van der Waals surface area contributed by atoms with Crippen LogP contribution in [0.2, 0.25) is 0 Å². The van der Waals surface area contributed by atoms with E-state index in [0.717, 1.165) is 11.3 Å². The Kier molecular flexibility index (Phi) is 3.81. The number of halogens is 1. The maximum absolute atomic E-state index is 13.9. The predicted molar refractivity (Wildman–Crippen MR) is 53.6 cm³/mol. The minimum absolute atomic E-state index is 0.0960. The fourth-order valence-electron chi connectivity index (χ4n) is 1.35. The van der Waals surface area contributed by atoms with Crippen molar-refractivity contribution in [2.75, 3.05) is 6.54 Å². The normalized spacial score (nSPS) is 15.6. The summed E-state index contributed by atoms with van der Waals surface area (Å²) < 4.78 is 13.9. The smallest absolute Gasteiger partial charge is 0.128 e. The van der Waals surface area contributed by atoms with Gasteiger partial charge in [-0.05, 0) is 6.42 Å². The largest absolute Gasteiger partial charge is 0.328 e. The maximum Gasteiger partial charge on any atom is 0.128 e. The molecule has 1 rings (SSSR count). The van der Waals surface area contributed by atoms with Crippen LogP contribution in [-0.2, 0) is 6.42 Å². The van der Waals surface area contributed by atoms with Gasteiger partial charge in [-0.2, -0.15) is 0 Å². The molecule has 0 bridgehead atoms. The predicted octanol–water partition coefficient (Wildman–Crippen LogP) is 2.15. The van der Waals surface area contributed by atoms with Gasteiger partial charge in [-0.25, -0.2) is 4.39 Å². The van der Waals surface area contributed by atoms with Crippen LogP contribution in [0.3, 0.4) is 0 Å². The second-order valence-corrected chi connectivity index (χ2v) is 4.22. The molecule has 0 aromatic carbocycles. The molecule has 0 saturated heterocycles. The molecule has 0 aliphatic rings. The molecule has 1 aromatic rings. The number of hydrogen-bond donors (Lipinski definition) is 1. The SMILES string of the molecule is CCCC(F)(CN)Cc1cncs1. The Hall–Kier alpha value is -0.480. The third kappa shape index (κ3) is 3.04. The van der Waals surface area contributed by atoms with Crippen LogP contribution < -0.4 is 5.73 Å². The Balaban J connectivity index is 2.58. The molecule has 0 aliphatic heterocycles. The summed E-state index contributed by atoms with van der Waals surface area (Å²) in [5.74, 6) is 0. The summed E-state index contributed by atoms with van der Waals surface area (Å²) in [5, 5.41) is 0. The summed E-state index contributed by atoms with van der Waals surface area (Å²) in [7, 11) is 0. The Labute approximate surface area is 82.0 Å². The number of hydrogen-bond acceptors (Lipinski definition) is 3. The van der Waals surface area contributed by atoms with Crippen LogP contribution in [-0.4, -0.2) is 17.2 Å². The molecule has 1 unspecified atom stereocenters. The molecule has 2 N–H and O–H groups in total. The van der Waals surface area contributed by atoms with Crippen molar-refractivity contribution in [2.24, 2.45) is 5.73 Å². The number of alkyl halides is 1. The number of rotatable bonds is 5. The molecular formula is C9H15FN2S. The van der Waals surface area contributed by atoms with Crippen molar-refractivity contribution in [3.63, 3.8) is 0 Å². The van der Waals surface area contributed by atoms with Crippen molar-refractivity contribution in [1.29, 1.82) is 0 Å². The maximum atomic E-state index is 13.9. The van der Waals surface area contributed by atoms with E-state index in [0.29, 0.717) is 12.8 Å². The van der Waals surface area contributed by atoms with Crippen LogP contribution in [0.5, 0.6) is 0 Å². The zero-order chi connectivity index (χ0) is 9.73. The highest BCUT2D eigenvalue weighted by Crippen LogP contribution is 2.24. The fraction of sp³-hybridized carbons (Fsp3) is 0.667. The van der Waals surface area contributed by atoms with Gasteiger partial charge in [0.05, 0.1) is 5.51 Å². The third-order valence-electron chi connectivity index (χ3n) is 2.04. The van der Waals surface area contributed by atoms with Crippen molar-refractivity contribution in [2.45, 2.75) is 31.9 Å². The molecule has 13 heavy (non-hydrogen) atoms.